The van der Waals surface area contributed by atoms with Crippen LogP contribution in [0.2, 0.25) is 4.34 Å². The second kappa shape index (κ2) is 8.44. The fourth-order valence-electron chi connectivity index (χ4n) is 2.56. The topological polar surface area (TPSA) is 54.0 Å². The SMILES string of the molecule is Cc1nc(-c2ccc(Cl)s2)sc1C(=O)NCC1CCCNC1.Cl. The fourth-order valence-corrected chi connectivity index (χ4v) is 4.64. The van der Waals surface area contributed by atoms with E-state index in [2.05, 4.69) is 15.6 Å². The molecule has 0 aliphatic carbocycles. The Kier molecular flexibility index (Phi) is 6.85. The maximum atomic E-state index is 12.4. The molecule has 0 radical (unpaired) electrons. The molecule has 3 rings (SSSR count). The number of nitrogens with zero attached hydrogens (tertiary/aromatic N) is 1. The highest BCUT2D eigenvalue weighted by atomic mass is 35.5. The molecular weight excluding hydrogens is 373 g/mol. The van der Waals surface area contributed by atoms with Crippen LogP contribution in [0.5, 0.6) is 0 Å². The molecule has 1 unspecified atom stereocenters. The highest BCUT2D eigenvalue weighted by Gasteiger charge is 2.19. The van der Waals surface area contributed by atoms with Crippen molar-refractivity contribution in [2.24, 2.45) is 5.92 Å². The Balaban J connectivity index is 0.00000192. The number of aromatic nitrogens is 1. The van der Waals surface area contributed by atoms with Gasteiger partial charge in [0.25, 0.3) is 5.91 Å². The van der Waals surface area contributed by atoms with Gasteiger partial charge in [0.15, 0.2) is 0 Å². The van der Waals surface area contributed by atoms with E-state index in [9.17, 15) is 4.79 Å². The summed E-state index contributed by atoms with van der Waals surface area (Å²) in [5.41, 5.74) is 0.781. The molecule has 1 amide bonds. The van der Waals surface area contributed by atoms with Gasteiger partial charge in [-0.2, -0.15) is 0 Å². The van der Waals surface area contributed by atoms with Gasteiger partial charge in [-0.3, -0.25) is 4.79 Å². The Morgan fingerprint density at radius 2 is 2.30 bits per heavy atom. The molecule has 0 aromatic carbocycles. The lowest BCUT2D eigenvalue weighted by molar-refractivity contribution is 0.0948. The summed E-state index contributed by atoms with van der Waals surface area (Å²) in [6, 6.07) is 3.80. The number of rotatable bonds is 4. The number of aryl methyl sites for hydroxylation is 1. The van der Waals surface area contributed by atoms with Crippen molar-refractivity contribution >= 4 is 52.6 Å². The van der Waals surface area contributed by atoms with Crippen LogP contribution in [0.3, 0.4) is 0 Å². The van der Waals surface area contributed by atoms with Gasteiger partial charge in [0.2, 0.25) is 0 Å². The predicted molar refractivity (Wildman–Crippen MR) is 100 cm³/mol. The highest BCUT2D eigenvalue weighted by molar-refractivity contribution is 7.24. The first-order chi connectivity index (χ1) is 10.6. The van der Waals surface area contributed by atoms with Crippen molar-refractivity contribution in [2.75, 3.05) is 19.6 Å². The Morgan fingerprint density at radius 1 is 1.48 bits per heavy atom. The maximum absolute atomic E-state index is 12.4. The van der Waals surface area contributed by atoms with Gasteiger partial charge in [0.05, 0.1) is 14.9 Å². The Hall–Kier alpha value is -0.660. The van der Waals surface area contributed by atoms with E-state index in [1.54, 1.807) is 0 Å². The second-order valence-electron chi connectivity index (χ2n) is 5.46. The van der Waals surface area contributed by atoms with Gasteiger partial charge in [-0.1, -0.05) is 11.6 Å². The lowest BCUT2D eigenvalue weighted by Crippen LogP contribution is -2.38. The third kappa shape index (κ3) is 4.67. The lowest BCUT2D eigenvalue weighted by Gasteiger charge is -2.22. The number of thiazole rings is 1. The van der Waals surface area contributed by atoms with Crippen LogP contribution < -0.4 is 10.6 Å². The summed E-state index contributed by atoms with van der Waals surface area (Å²) in [6.45, 7) is 4.68. The van der Waals surface area contributed by atoms with Crippen LogP contribution in [0.4, 0.5) is 0 Å². The molecule has 4 nitrogen and oxygen atoms in total. The number of nitrogens with one attached hydrogen (secondary N) is 2. The van der Waals surface area contributed by atoms with Crippen LogP contribution in [0.1, 0.15) is 28.2 Å². The molecule has 1 aliphatic heterocycles. The normalized spacial score (nSPS) is 17.6. The summed E-state index contributed by atoms with van der Waals surface area (Å²) >= 11 is 8.88. The first kappa shape index (κ1) is 18.7. The zero-order valence-corrected chi connectivity index (χ0v) is 15.9. The summed E-state index contributed by atoms with van der Waals surface area (Å²) in [4.78, 5) is 18.6. The van der Waals surface area contributed by atoms with Crippen LogP contribution >= 0.6 is 46.7 Å². The van der Waals surface area contributed by atoms with E-state index in [1.807, 2.05) is 19.1 Å². The number of piperidine rings is 1. The van der Waals surface area contributed by atoms with Crippen molar-refractivity contribution in [1.29, 1.82) is 0 Å². The van der Waals surface area contributed by atoms with Gasteiger partial charge in [0, 0.05) is 6.54 Å². The third-order valence-electron chi connectivity index (χ3n) is 3.74. The van der Waals surface area contributed by atoms with E-state index < -0.39 is 0 Å². The summed E-state index contributed by atoms with van der Waals surface area (Å²) in [5, 5.41) is 7.27. The Morgan fingerprint density at radius 3 is 2.96 bits per heavy atom. The molecule has 1 atom stereocenters. The van der Waals surface area contributed by atoms with Crippen LogP contribution in [-0.2, 0) is 0 Å². The average Bonchev–Trinajstić information content (AvgIpc) is 3.12. The minimum atomic E-state index is -0.0190. The predicted octanol–water partition coefficient (Wildman–Crippen LogP) is 3.98. The highest BCUT2D eigenvalue weighted by Crippen LogP contribution is 2.34. The zero-order valence-electron chi connectivity index (χ0n) is 12.7. The minimum absolute atomic E-state index is 0. The van der Waals surface area contributed by atoms with Crippen LogP contribution in [0.25, 0.3) is 9.88 Å². The fraction of sp³-hybridized carbons (Fsp3) is 0.467. The van der Waals surface area contributed by atoms with Crippen molar-refractivity contribution in [2.45, 2.75) is 19.8 Å². The monoisotopic (exact) mass is 391 g/mol. The van der Waals surface area contributed by atoms with Crippen LogP contribution in [-0.4, -0.2) is 30.5 Å². The molecule has 0 spiro atoms. The molecule has 126 valence electrons. The van der Waals surface area contributed by atoms with E-state index in [-0.39, 0.29) is 18.3 Å². The van der Waals surface area contributed by atoms with Gasteiger partial charge in [0.1, 0.15) is 9.88 Å². The molecule has 1 fully saturated rings. The third-order valence-corrected chi connectivity index (χ3v) is 6.29. The van der Waals surface area contributed by atoms with E-state index in [0.29, 0.717) is 10.8 Å². The zero-order chi connectivity index (χ0) is 15.5. The molecule has 1 saturated heterocycles. The summed E-state index contributed by atoms with van der Waals surface area (Å²) in [7, 11) is 0. The number of halogens is 2. The van der Waals surface area contributed by atoms with Crippen molar-refractivity contribution < 1.29 is 4.79 Å². The van der Waals surface area contributed by atoms with Crippen LogP contribution in [0, 0.1) is 12.8 Å². The number of carbonyl (C=O) groups excluding carboxylic acids is 1. The molecule has 8 heteroatoms. The standard InChI is InChI=1S/C15H18ClN3OS2.ClH/c1-9-13(14(20)18-8-10-3-2-6-17-7-10)22-15(19-9)11-4-5-12(16)21-11;/h4-5,10,17H,2-3,6-8H2,1H3,(H,18,20);1H. The van der Waals surface area contributed by atoms with Crippen molar-refractivity contribution in [3.63, 3.8) is 0 Å². The van der Waals surface area contributed by atoms with Crippen molar-refractivity contribution in [1.82, 2.24) is 15.6 Å². The molecule has 23 heavy (non-hydrogen) atoms. The molecule has 0 saturated carbocycles. The van der Waals surface area contributed by atoms with Crippen molar-refractivity contribution in [3.8, 4) is 9.88 Å². The quantitative estimate of drug-likeness (QED) is 0.828. The second-order valence-corrected chi connectivity index (χ2v) is 8.17. The first-order valence-electron chi connectivity index (χ1n) is 7.35. The summed E-state index contributed by atoms with van der Waals surface area (Å²) in [6.07, 6.45) is 2.36. The summed E-state index contributed by atoms with van der Waals surface area (Å²) in [5.74, 6) is 0.510. The Bertz CT molecular complexity index is 665. The summed E-state index contributed by atoms with van der Waals surface area (Å²) < 4.78 is 0.735. The average molecular weight is 392 g/mol. The van der Waals surface area contributed by atoms with E-state index >= 15 is 0 Å². The van der Waals surface area contributed by atoms with E-state index in [4.69, 9.17) is 11.6 Å². The molecule has 3 heterocycles. The number of carbonyl (C=O) groups is 1. The smallest absolute Gasteiger partial charge is 0.263 e. The van der Waals surface area contributed by atoms with Gasteiger partial charge >= 0.3 is 0 Å². The number of amides is 1. The first-order valence-corrected chi connectivity index (χ1v) is 9.36. The molecule has 1 aliphatic rings. The van der Waals surface area contributed by atoms with Crippen molar-refractivity contribution in [3.05, 3.63) is 27.0 Å². The number of hydrogen-bond acceptors (Lipinski definition) is 5. The van der Waals surface area contributed by atoms with Gasteiger partial charge in [-0.25, -0.2) is 4.98 Å². The van der Waals surface area contributed by atoms with Gasteiger partial charge < -0.3 is 10.6 Å². The number of thiophene rings is 1. The number of hydrogen-bond donors (Lipinski definition) is 2. The van der Waals surface area contributed by atoms with Gasteiger partial charge in [-0.15, -0.1) is 35.1 Å². The molecule has 2 aromatic rings. The molecule has 2 aromatic heterocycles. The molecule has 0 bridgehead atoms. The Labute approximate surface area is 155 Å². The largest absolute Gasteiger partial charge is 0.351 e. The van der Waals surface area contributed by atoms with E-state index in [1.165, 1.54) is 35.5 Å². The lowest BCUT2D eigenvalue weighted by atomic mass is 10.00. The molecule has 2 N–H and O–H groups in total. The maximum Gasteiger partial charge on any atom is 0.263 e. The van der Waals surface area contributed by atoms with Crippen LogP contribution in [0.15, 0.2) is 12.1 Å². The minimum Gasteiger partial charge on any atom is -0.351 e. The molecular formula is C15H19Cl2N3OS2. The van der Waals surface area contributed by atoms with Gasteiger partial charge in [-0.05, 0) is 50.9 Å². The van der Waals surface area contributed by atoms with E-state index in [0.717, 1.165) is 39.5 Å².